The van der Waals surface area contributed by atoms with Crippen molar-refractivity contribution in [3.8, 4) is 0 Å². The standard InChI is InChI=1S/C11H20N2O3S/c1-3-17-8-9(2)12-4-5-13(7-11(15)16)10(14)6-12/h9H,3-8H2,1-2H3,(H,15,16)/t9-/m1/s1. The fourth-order valence-corrected chi connectivity index (χ4v) is 2.61. The average molecular weight is 260 g/mol. The summed E-state index contributed by atoms with van der Waals surface area (Å²) in [6.45, 7) is 5.69. The molecule has 0 unspecified atom stereocenters. The second kappa shape index (κ2) is 6.86. The van der Waals surface area contributed by atoms with Crippen LogP contribution in [-0.2, 0) is 9.59 Å². The maximum atomic E-state index is 11.7. The number of carboxylic acids is 1. The summed E-state index contributed by atoms with van der Waals surface area (Å²) < 4.78 is 0. The summed E-state index contributed by atoms with van der Waals surface area (Å²) in [6.07, 6.45) is 0. The predicted octanol–water partition coefficient (Wildman–Crippen LogP) is 0.357. The van der Waals surface area contributed by atoms with Gasteiger partial charge >= 0.3 is 5.97 Å². The molecule has 17 heavy (non-hydrogen) atoms. The number of hydrogen-bond donors (Lipinski definition) is 1. The normalized spacial score (nSPS) is 19.4. The first kappa shape index (κ1) is 14.3. The third-order valence-corrected chi connectivity index (χ3v) is 3.99. The number of thioether (sulfide) groups is 1. The van der Waals surface area contributed by atoms with Crippen LogP contribution < -0.4 is 0 Å². The lowest BCUT2D eigenvalue weighted by atomic mass is 10.2. The van der Waals surface area contributed by atoms with E-state index >= 15 is 0 Å². The number of carboxylic acid groups (broad SMARTS) is 1. The Morgan fingerprint density at radius 1 is 1.53 bits per heavy atom. The Morgan fingerprint density at radius 2 is 2.24 bits per heavy atom. The third kappa shape index (κ3) is 4.55. The number of amides is 1. The van der Waals surface area contributed by atoms with E-state index in [2.05, 4.69) is 18.7 Å². The molecule has 0 aromatic carbocycles. The molecule has 1 saturated heterocycles. The largest absolute Gasteiger partial charge is 0.480 e. The minimum Gasteiger partial charge on any atom is -0.480 e. The van der Waals surface area contributed by atoms with Gasteiger partial charge in [0, 0.05) is 24.9 Å². The molecular weight excluding hydrogens is 240 g/mol. The van der Waals surface area contributed by atoms with Crippen molar-refractivity contribution in [3.05, 3.63) is 0 Å². The molecule has 98 valence electrons. The zero-order valence-corrected chi connectivity index (χ0v) is 11.2. The van der Waals surface area contributed by atoms with E-state index in [0.717, 1.165) is 18.1 Å². The van der Waals surface area contributed by atoms with Gasteiger partial charge in [0.15, 0.2) is 0 Å². The van der Waals surface area contributed by atoms with Gasteiger partial charge in [-0.25, -0.2) is 0 Å². The SMILES string of the molecule is CCSC[C@@H](C)N1CCN(CC(=O)O)C(=O)C1. The van der Waals surface area contributed by atoms with E-state index in [1.54, 1.807) is 0 Å². The molecule has 0 aliphatic carbocycles. The Bertz CT molecular complexity index is 286. The van der Waals surface area contributed by atoms with Crippen molar-refractivity contribution in [2.24, 2.45) is 0 Å². The first-order valence-electron chi connectivity index (χ1n) is 5.86. The molecule has 0 saturated carbocycles. The smallest absolute Gasteiger partial charge is 0.323 e. The van der Waals surface area contributed by atoms with Crippen molar-refractivity contribution >= 4 is 23.6 Å². The van der Waals surface area contributed by atoms with Crippen molar-refractivity contribution < 1.29 is 14.7 Å². The molecule has 1 heterocycles. The lowest BCUT2D eigenvalue weighted by Crippen LogP contribution is -2.54. The number of rotatable bonds is 6. The van der Waals surface area contributed by atoms with Crippen LogP contribution in [0.15, 0.2) is 0 Å². The number of hydrogen-bond acceptors (Lipinski definition) is 4. The summed E-state index contributed by atoms with van der Waals surface area (Å²) in [4.78, 5) is 25.8. The van der Waals surface area contributed by atoms with Gasteiger partial charge in [0.2, 0.25) is 5.91 Å². The summed E-state index contributed by atoms with van der Waals surface area (Å²) in [5.41, 5.74) is 0. The Hall–Kier alpha value is -0.750. The van der Waals surface area contributed by atoms with Crippen LogP contribution in [0.5, 0.6) is 0 Å². The van der Waals surface area contributed by atoms with Crippen LogP contribution >= 0.6 is 11.8 Å². The molecule has 0 radical (unpaired) electrons. The van der Waals surface area contributed by atoms with Gasteiger partial charge in [-0.15, -0.1) is 0 Å². The zero-order valence-electron chi connectivity index (χ0n) is 10.4. The lowest BCUT2D eigenvalue weighted by molar-refractivity contribution is -0.147. The first-order chi connectivity index (χ1) is 8.04. The molecule has 0 spiro atoms. The molecule has 1 aliphatic rings. The predicted molar refractivity (Wildman–Crippen MR) is 68.2 cm³/mol. The van der Waals surface area contributed by atoms with Crippen molar-refractivity contribution in [1.29, 1.82) is 0 Å². The van der Waals surface area contributed by atoms with Crippen molar-refractivity contribution in [2.45, 2.75) is 19.9 Å². The number of piperazine rings is 1. The van der Waals surface area contributed by atoms with Gasteiger partial charge in [-0.1, -0.05) is 6.92 Å². The lowest BCUT2D eigenvalue weighted by Gasteiger charge is -2.36. The summed E-state index contributed by atoms with van der Waals surface area (Å²) in [6, 6.07) is 0.371. The van der Waals surface area contributed by atoms with E-state index < -0.39 is 5.97 Å². The van der Waals surface area contributed by atoms with Gasteiger partial charge < -0.3 is 10.0 Å². The van der Waals surface area contributed by atoms with Gasteiger partial charge in [0.1, 0.15) is 6.54 Å². The van der Waals surface area contributed by atoms with Crippen molar-refractivity contribution in [2.75, 3.05) is 37.7 Å². The van der Waals surface area contributed by atoms with Crippen molar-refractivity contribution in [1.82, 2.24) is 9.80 Å². The highest BCUT2D eigenvalue weighted by Crippen LogP contribution is 2.12. The second-order valence-electron chi connectivity index (χ2n) is 4.19. The highest BCUT2D eigenvalue weighted by molar-refractivity contribution is 7.99. The quantitative estimate of drug-likeness (QED) is 0.747. The third-order valence-electron chi connectivity index (χ3n) is 2.86. The van der Waals surface area contributed by atoms with Crippen molar-refractivity contribution in [3.63, 3.8) is 0 Å². The Morgan fingerprint density at radius 3 is 2.76 bits per heavy atom. The van der Waals surface area contributed by atoms with Crippen LogP contribution in [0.1, 0.15) is 13.8 Å². The van der Waals surface area contributed by atoms with E-state index in [4.69, 9.17) is 5.11 Å². The van der Waals surface area contributed by atoms with E-state index in [0.29, 0.717) is 19.1 Å². The maximum absolute atomic E-state index is 11.7. The van der Waals surface area contributed by atoms with Crippen LogP contribution in [0.2, 0.25) is 0 Å². The topological polar surface area (TPSA) is 60.9 Å². The molecule has 1 N–H and O–H groups in total. The van der Waals surface area contributed by atoms with Crippen LogP contribution in [-0.4, -0.2) is 70.5 Å². The van der Waals surface area contributed by atoms with Crippen LogP contribution in [0.4, 0.5) is 0 Å². The number of carbonyl (C=O) groups is 2. The van der Waals surface area contributed by atoms with Gasteiger partial charge in [-0.05, 0) is 12.7 Å². The summed E-state index contributed by atoms with van der Waals surface area (Å²) in [7, 11) is 0. The minimum absolute atomic E-state index is 0.0769. The molecule has 1 fully saturated rings. The highest BCUT2D eigenvalue weighted by Gasteiger charge is 2.27. The number of carbonyl (C=O) groups excluding carboxylic acids is 1. The molecule has 1 aliphatic heterocycles. The van der Waals surface area contributed by atoms with Gasteiger partial charge in [-0.3, -0.25) is 14.5 Å². The molecule has 1 amide bonds. The van der Waals surface area contributed by atoms with Crippen LogP contribution in [0.3, 0.4) is 0 Å². The Kier molecular flexibility index (Phi) is 5.77. The fraction of sp³-hybridized carbons (Fsp3) is 0.818. The molecule has 6 heteroatoms. The Balaban J connectivity index is 2.40. The zero-order chi connectivity index (χ0) is 12.8. The molecule has 1 rings (SSSR count). The molecule has 0 aromatic rings. The first-order valence-corrected chi connectivity index (χ1v) is 7.01. The van der Waals surface area contributed by atoms with Crippen LogP contribution in [0, 0.1) is 0 Å². The van der Waals surface area contributed by atoms with Crippen LogP contribution in [0.25, 0.3) is 0 Å². The highest BCUT2D eigenvalue weighted by atomic mass is 32.2. The maximum Gasteiger partial charge on any atom is 0.323 e. The summed E-state index contributed by atoms with van der Waals surface area (Å²) in [5.74, 6) is 1.08. The minimum atomic E-state index is -0.943. The molecule has 0 bridgehead atoms. The van der Waals surface area contributed by atoms with E-state index in [-0.39, 0.29) is 12.5 Å². The Labute approximate surface area is 106 Å². The summed E-state index contributed by atoms with van der Waals surface area (Å²) in [5, 5.41) is 8.66. The summed E-state index contributed by atoms with van der Waals surface area (Å²) >= 11 is 1.86. The van der Waals surface area contributed by atoms with E-state index in [1.165, 1.54) is 4.90 Å². The van der Waals surface area contributed by atoms with E-state index in [9.17, 15) is 9.59 Å². The average Bonchev–Trinajstić information content (AvgIpc) is 2.28. The van der Waals surface area contributed by atoms with E-state index in [1.807, 2.05) is 11.8 Å². The molecule has 5 nitrogen and oxygen atoms in total. The number of aliphatic carboxylic acids is 1. The fourth-order valence-electron chi connectivity index (χ4n) is 1.83. The number of nitrogens with zero attached hydrogens (tertiary/aromatic N) is 2. The molecular formula is C11H20N2O3S. The molecule has 1 atom stereocenters. The van der Waals surface area contributed by atoms with Gasteiger partial charge in [-0.2, -0.15) is 11.8 Å². The van der Waals surface area contributed by atoms with Gasteiger partial charge in [0.05, 0.1) is 6.54 Å². The van der Waals surface area contributed by atoms with Gasteiger partial charge in [0.25, 0.3) is 0 Å². The molecule has 0 aromatic heterocycles. The monoisotopic (exact) mass is 260 g/mol. The second-order valence-corrected chi connectivity index (χ2v) is 5.51.